The summed E-state index contributed by atoms with van der Waals surface area (Å²) in [6.07, 6.45) is 3.93. The summed E-state index contributed by atoms with van der Waals surface area (Å²) in [5.74, 6) is 1.01. The Kier molecular flexibility index (Phi) is 5.86. The number of hydrogen-bond donors (Lipinski definition) is 2. The van der Waals surface area contributed by atoms with E-state index in [1.165, 1.54) is 24.8 Å². The van der Waals surface area contributed by atoms with E-state index in [1.807, 2.05) is 6.07 Å². The van der Waals surface area contributed by atoms with Crippen LogP contribution in [0.25, 0.3) is 0 Å². The molecule has 2 rings (SSSR count). The molecule has 3 heteroatoms. The maximum absolute atomic E-state index is 5.93. The van der Waals surface area contributed by atoms with Crippen LogP contribution in [0.5, 0.6) is 5.75 Å². The molecule has 0 bridgehead atoms. The van der Waals surface area contributed by atoms with E-state index in [9.17, 15) is 0 Å². The van der Waals surface area contributed by atoms with Crippen molar-refractivity contribution in [2.45, 2.75) is 58.2 Å². The predicted molar refractivity (Wildman–Crippen MR) is 84.3 cm³/mol. The number of para-hydroxylation sites is 1. The number of rotatable bonds is 5. The predicted octanol–water partition coefficient (Wildman–Crippen LogP) is 3.27. The smallest absolute Gasteiger partial charge is 0.124 e. The molecule has 1 heterocycles. The minimum atomic E-state index is 0.213. The van der Waals surface area contributed by atoms with Crippen LogP contribution in [0.2, 0.25) is 0 Å². The molecular formula is C17H28N2O. The van der Waals surface area contributed by atoms with Gasteiger partial charge in [0.25, 0.3) is 0 Å². The number of benzene rings is 1. The maximum atomic E-state index is 5.93. The van der Waals surface area contributed by atoms with Gasteiger partial charge in [-0.25, -0.2) is 0 Å². The van der Waals surface area contributed by atoms with E-state index in [4.69, 9.17) is 4.74 Å². The zero-order valence-corrected chi connectivity index (χ0v) is 13.0. The molecule has 3 nitrogen and oxygen atoms in total. The Bertz CT molecular complexity index is 398. The van der Waals surface area contributed by atoms with Crippen molar-refractivity contribution in [3.05, 3.63) is 29.8 Å². The molecule has 1 saturated heterocycles. The van der Waals surface area contributed by atoms with Gasteiger partial charge in [0.05, 0.1) is 6.10 Å². The zero-order chi connectivity index (χ0) is 14.4. The molecule has 112 valence electrons. The van der Waals surface area contributed by atoms with E-state index in [0.29, 0.717) is 12.1 Å². The van der Waals surface area contributed by atoms with Crippen LogP contribution < -0.4 is 15.4 Å². The Morgan fingerprint density at radius 2 is 1.95 bits per heavy atom. The van der Waals surface area contributed by atoms with Crippen LogP contribution in [0.3, 0.4) is 0 Å². The Balaban J connectivity index is 2.02. The fourth-order valence-electron chi connectivity index (χ4n) is 2.83. The number of ether oxygens (including phenoxy) is 1. The van der Waals surface area contributed by atoms with Gasteiger partial charge in [-0.05, 0) is 59.2 Å². The molecule has 2 atom stereocenters. The molecule has 1 aliphatic rings. The van der Waals surface area contributed by atoms with Gasteiger partial charge in [0.1, 0.15) is 5.75 Å². The zero-order valence-electron chi connectivity index (χ0n) is 13.0. The highest BCUT2D eigenvalue weighted by atomic mass is 16.5. The van der Waals surface area contributed by atoms with Crippen molar-refractivity contribution < 1.29 is 4.74 Å². The van der Waals surface area contributed by atoms with Crippen LogP contribution in [0.15, 0.2) is 24.3 Å². The molecule has 0 aliphatic carbocycles. The summed E-state index contributed by atoms with van der Waals surface area (Å²) in [4.78, 5) is 0. The van der Waals surface area contributed by atoms with Gasteiger partial charge in [-0.3, -0.25) is 0 Å². The summed E-state index contributed by atoms with van der Waals surface area (Å²) in [6.45, 7) is 8.66. The summed E-state index contributed by atoms with van der Waals surface area (Å²) in [6, 6.07) is 9.31. The third kappa shape index (κ3) is 4.50. The van der Waals surface area contributed by atoms with Crippen molar-refractivity contribution in [1.29, 1.82) is 0 Å². The van der Waals surface area contributed by atoms with Crippen molar-refractivity contribution in [3.8, 4) is 5.75 Å². The second kappa shape index (κ2) is 7.65. The minimum absolute atomic E-state index is 0.213. The highest BCUT2D eigenvalue weighted by Crippen LogP contribution is 2.26. The third-order valence-corrected chi connectivity index (χ3v) is 3.81. The van der Waals surface area contributed by atoms with Crippen LogP contribution in [0, 0.1) is 0 Å². The first-order chi connectivity index (χ1) is 9.66. The first-order valence-electron chi connectivity index (χ1n) is 7.89. The monoisotopic (exact) mass is 276 g/mol. The molecular weight excluding hydrogens is 248 g/mol. The summed E-state index contributed by atoms with van der Waals surface area (Å²) in [5, 5.41) is 7.23. The van der Waals surface area contributed by atoms with Crippen molar-refractivity contribution in [2.75, 3.05) is 13.1 Å². The molecule has 0 amide bonds. The quantitative estimate of drug-likeness (QED) is 0.866. The molecule has 2 unspecified atom stereocenters. The van der Waals surface area contributed by atoms with Gasteiger partial charge in [0.15, 0.2) is 0 Å². The molecule has 0 radical (unpaired) electrons. The molecule has 0 saturated carbocycles. The Hall–Kier alpha value is -1.06. The lowest BCUT2D eigenvalue weighted by Gasteiger charge is -2.24. The fraction of sp³-hybridized carbons (Fsp3) is 0.647. The van der Waals surface area contributed by atoms with Gasteiger partial charge in [-0.1, -0.05) is 18.2 Å². The van der Waals surface area contributed by atoms with Crippen molar-refractivity contribution in [2.24, 2.45) is 0 Å². The van der Waals surface area contributed by atoms with Crippen molar-refractivity contribution >= 4 is 0 Å². The van der Waals surface area contributed by atoms with Gasteiger partial charge in [0, 0.05) is 17.6 Å². The molecule has 1 aromatic carbocycles. The first-order valence-corrected chi connectivity index (χ1v) is 7.89. The van der Waals surface area contributed by atoms with Gasteiger partial charge < -0.3 is 15.4 Å². The van der Waals surface area contributed by atoms with E-state index < -0.39 is 0 Å². The minimum Gasteiger partial charge on any atom is -0.491 e. The van der Waals surface area contributed by atoms with Crippen molar-refractivity contribution in [3.63, 3.8) is 0 Å². The van der Waals surface area contributed by atoms with Crippen LogP contribution in [-0.4, -0.2) is 25.2 Å². The summed E-state index contributed by atoms with van der Waals surface area (Å²) >= 11 is 0. The van der Waals surface area contributed by atoms with Crippen LogP contribution >= 0.6 is 0 Å². The normalized spacial score (nSPS) is 21.5. The molecule has 2 N–H and O–H groups in total. The standard InChI is InChI=1S/C17H28N2O/c1-13(2)20-17-9-5-4-8-16(17)14(3)19-15-7-6-11-18-12-10-15/h4-5,8-9,13-15,18-19H,6-7,10-12H2,1-3H3. The largest absolute Gasteiger partial charge is 0.491 e. The average molecular weight is 276 g/mol. The summed E-state index contributed by atoms with van der Waals surface area (Å²) in [7, 11) is 0. The third-order valence-electron chi connectivity index (χ3n) is 3.81. The second-order valence-corrected chi connectivity index (χ2v) is 5.97. The number of hydrogen-bond acceptors (Lipinski definition) is 3. The van der Waals surface area contributed by atoms with E-state index in [1.54, 1.807) is 0 Å². The van der Waals surface area contributed by atoms with Gasteiger partial charge in [-0.2, -0.15) is 0 Å². The SMILES string of the molecule is CC(C)Oc1ccccc1C(C)NC1CCCNCC1. The Labute approximate surface area is 123 Å². The maximum Gasteiger partial charge on any atom is 0.124 e. The summed E-state index contributed by atoms with van der Waals surface area (Å²) < 4.78 is 5.93. The Morgan fingerprint density at radius 1 is 1.15 bits per heavy atom. The van der Waals surface area contributed by atoms with Crippen LogP contribution in [0.1, 0.15) is 51.6 Å². The number of nitrogens with one attached hydrogen (secondary N) is 2. The fourth-order valence-corrected chi connectivity index (χ4v) is 2.83. The lowest BCUT2D eigenvalue weighted by atomic mass is 10.0. The van der Waals surface area contributed by atoms with Crippen LogP contribution in [0.4, 0.5) is 0 Å². The van der Waals surface area contributed by atoms with Gasteiger partial charge in [-0.15, -0.1) is 0 Å². The molecule has 1 aliphatic heterocycles. The summed E-state index contributed by atoms with van der Waals surface area (Å²) in [5.41, 5.74) is 1.26. The molecule has 1 fully saturated rings. The van der Waals surface area contributed by atoms with Crippen molar-refractivity contribution in [1.82, 2.24) is 10.6 Å². The van der Waals surface area contributed by atoms with E-state index in [0.717, 1.165) is 18.8 Å². The molecule has 0 spiro atoms. The van der Waals surface area contributed by atoms with Gasteiger partial charge in [0.2, 0.25) is 0 Å². The molecule has 20 heavy (non-hydrogen) atoms. The van der Waals surface area contributed by atoms with E-state index in [-0.39, 0.29) is 6.10 Å². The lowest BCUT2D eigenvalue weighted by Crippen LogP contribution is -2.32. The van der Waals surface area contributed by atoms with E-state index >= 15 is 0 Å². The van der Waals surface area contributed by atoms with Gasteiger partial charge >= 0.3 is 0 Å². The van der Waals surface area contributed by atoms with Crippen LogP contribution in [-0.2, 0) is 0 Å². The Morgan fingerprint density at radius 3 is 2.75 bits per heavy atom. The topological polar surface area (TPSA) is 33.3 Å². The highest BCUT2D eigenvalue weighted by molar-refractivity contribution is 5.35. The average Bonchev–Trinajstić information content (AvgIpc) is 2.67. The molecule has 0 aromatic heterocycles. The second-order valence-electron chi connectivity index (χ2n) is 5.97. The lowest BCUT2D eigenvalue weighted by molar-refractivity contribution is 0.237. The van der Waals surface area contributed by atoms with E-state index in [2.05, 4.69) is 49.6 Å². The molecule has 1 aromatic rings. The highest BCUT2D eigenvalue weighted by Gasteiger charge is 2.17. The first kappa shape index (κ1) is 15.3.